The van der Waals surface area contributed by atoms with Crippen molar-refractivity contribution in [2.45, 2.75) is 26.3 Å². The zero-order valence-electron chi connectivity index (χ0n) is 7.92. The molecule has 1 atom stereocenters. The standard InChI is InChI=1S/C10H15NO/c1-7-6-9-8(2)11(3)5-4-10(9)12-7/h6,8H,4-5H2,1-3H3. The van der Waals surface area contributed by atoms with Gasteiger partial charge in [0.2, 0.25) is 0 Å². The Balaban J connectivity index is 2.41. The van der Waals surface area contributed by atoms with Gasteiger partial charge in [0.05, 0.1) is 0 Å². The van der Waals surface area contributed by atoms with Crippen molar-refractivity contribution < 1.29 is 4.42 Å². The van der Waals surface area contributed by atoms with Crippen LogP contribution < -0.4 is 0 Å². The van der Waals surface area contributed by atoms with Gasteiger partial charge in [-0.05, 0) is 27.0 Å². The predicted octanol–water partition coefficient (Wildman–Crippen LogP) is 2.14. The van der Waals surface area contributed by atoms with Crippen molar-refractivity contribution in [3.05, 3.63) is 23.2 Å². The Morgan fingerprint density at radius 3 is 3.08 bits per heavy atom. The minimum atomic E-state index is 0.520. The fourth-order valence-corrected chi connectivity index (χ4v) is 1.84. The lowest BCUT2D eigenvalue weighted by Gasteiger charge is -2.28. The zero-order valence-corrected chi connectivity index (χ0v) is 7.92. The van der Waals surface area contributed by atoms with Crippen LogP contribution in [0.5, 0.6) is 0 Å². The predicted molar refractivity (Wildman–Crippen MR) is 48.2 cm³/mol. The molecule has 2 heteroatoms. The lowest BCUT2D eigenvalue weighted by Crippen LogP contribution is -2.29. The van der Waals surface area contributed by atoms with Gasteiger partial charge in [-0.15, -0.1) is 0 Å². The SMILES string of the molecule is Cc1cc2c(o1)CCN(C)C2C. The molecular formula is C10H15NO. The second kappa shape index (κ2) is 2.63. The van der Waals surface area contributed by atoms with E-state index in [1.807, 2.05) is 6.92 Å². The smallest absolute Gasteiger partial charge is 0.110 e. The van der Waals surface area contributed by atoms with Gasteiger partial charge in [0.1, 0.15) is 11.5 Å². The minimum Gasteiger partial charge on any atom is -0.466 e. The molecule has 0 bridgehead atoms. The van der Waals surface area contributed by atoms with Crippen LogP contribution in [0.25, 0.3) is 0 Å². The molecule has 0 saturated heterocycles. The minimum absolute atomic E-state index is 0.520. The van der Waals surface area contributed by atoms with Crippen molar-refractivity contribution in [3.63, 3.8) is 0 Å². The summed E-state index contributed by atoms with van der Waals surface area (Å²) in [6, 6.07) is 2.68. The third kappa shape index (κ3) is 1.07. The van der Waals surface area contributed by atoms with Gasteiger partial charge in [-0.25, -0.2) is 0 Å². The highest BCUT2D eigenvalue weighted by molar-refractivity contribution is 5.26. The van der Waals surface area contributed by atoms with Crippen molar-refractivity contribution in [2.75, 3.05) is 13.6 Å². The van der Waals surface area contributed by atoms with E-state index in [0.717, 1.165) is 18.7 Å². The number of hydrogen-bond donors (Lipinski definition) is 0. The average molecular weight is 165 g/mol. The Labute approximate surface area is 73.2 Å². The van der Waals surface area contributed by atoms with Crippen molar-refractivity contribution >= 4 is 0 Å². The normalized spacial score (nSPS) is 24.1. The van der Waals surface area contributed by atoms with E-state index in [-0.39, 0.29) is 0 Å². The van der Waals surface area contributed by atoms with Crippen LogP contribution >= 0.6 is 0 Å². The molecule has 0 saturated carbocycles. The molecule has 2 nitrogen and oxygen atoms in total. The molecule has 12 heavy (non-hydrogen) atoms. The van der Waals surface area contributed by atoms with Crippen LogP contribution in [-0.2, 0) is 6.42 Å². The molecule has 0 radical (unpaired) electrons. The highest BCUT2D eigenvalue weighted by Gasteiger charge is 2.23. The van der Waals surface area contributed by atoms with Crippen LogP contribution in [0.1, 0.15) is 30.0 Å². The highest BCUT2D eigenvalue weighted by Crippen LogP contribution is 2.30. The van der Waals surface area contributed by atoms with Crippen molar-refractivity contribution in [3.8, 4) is 0 Å². The number of likely N-dealkylation sites (N-methyl/N-ethyl adjacent to an activating group) is 1. The van der Waals surface area contributed by atoms with Gasteiger partial charge in [-0.3, -0.25) is 4.90 Å². The molecule has 1 unspecified atom stereocenters. The Morgan fingerprint density at radius 2 is 2.33 bits per heavy atom. The average Bonchev–Trinajstić information content (AvgIpc) is 2.39. The van der Waals surface area contributed by atoms with E-state index in [1.54, 1.807) is 0 Å². The second-order valence-electron chi connectivity index (χ2n) is 3.64. The van der Waals surface area contributed by atoms with Gasteiger partial charge in [0.25, 0.3) is 0 Å². The fourth-order valence-electron chi connectivity index (χ4n) is 1.84. The number of fused-ring (bicyclic) bond motifs is 1. The number of hydrogen-bond acceptors (Lipinski definition) is 2. The van der Waals surface area contributed by atoms with Crippen molar-refractivity contribution in [1.29, 1.82) is 0 Å². The van der Waals surface area contributed by atoms with Crippen LogP contribution in [0, 0.1) is 6.92 Å². The Morgan fingerprint density at radius 1 is 1.58 bits per heavy atom. The number of furan rings is 1. The molecule has 1 aliphatic rings. The molecule has 0 spiro atoms. The van der Waals surface area contributed by atoms with Crippen LogP contribution in [0.4, 0.5) is 0 Å². The number of aryl methyl sites for hydroxylation is 1. The first-order valence-electron chi connectivity index (χ1n) is 4.48. The molecule has 2 heterocycles. The molecule has 1 aliphatic heterocycles. The van der Waals surface area contributed by atoms with E-state index in [9.17, 15) is 0 Å². The van der Waals surface area contributed by atoms with Crippen LogP contribution in [0.3, 0.4) is 0 Å². The maximum absolute atomic E-state index is 5.60. The Kier molecular flexibility index (Phi) is 1.72. The molecule has 0 N–H and O–H groups in total. The van der Waals surface area contributed by atoms with Gasteiger partial charge >= 0.3 is 0 Å². The molecule has 0 aromatic carbocycles. The van der Waals surface area contributed by atoms with Gasteiger partial charge in [-0.2, -0.15) is 0 Å². The van der Waals surface area contributed by atoms with E-state index >= 15 is 0 Å². The topological polar surface area (TPSA) is 16.4 Å². The van der Waals surface area contributed by atoms with Gasteiger partial charge < -0.3 is 4.42 Å². The summed E-state index contributed by atoms with van der Waals surface area (Å²) >= 11 is 0. The lowest BCUT2D eigenvalue weighted by molar-refractivity contribution is 0.234. The van der Waals surface area contributed by atoms with Crippen molar-refractivity contribution in [2.24, 2.45) is 0 Å². The maximum Gasteiger partial charge on any atom is 0.110 e. The molecule has 1 aromatic rings. The third-order valence-corrected chi connectivity index (χ3v) is 2.77. The van der Waals surface area contributed by atoms with E-state index in [4.69, 9.17) is 4.42 Å². The second-order valence-corrected chi connectivity index (χ2v) is 3.64. The highest BCUT2D eigenvalue weighted by atomic mass is 16.3. The van der Waals surface area contributed by atoms with Crippen LogP contribution in [0.15, 0.2) is 10.5 Å². The lowest BCUT2D eigenvalue weighted by atomic mass is 10.0. The first kappa shape index (κ1) is 7.87. The summed E-state index contributed by atoms with van der Waals surface area (Å²) in [6.45, 7) is 5.36. The van der Waals surface area contributed by atoms with Gasteiger partial charge in [-0.1, -0.05) is 0 Å². The van der Waals surface area contributed by atoms with Gasteiger partial charge in [0, 0.05) is 24.6 Å². The Bertz CT molecular complexity index is 290. The monoisotopic (exact) mass is 165 g/mol. The third-order valence-electron chi connectivity index (χ3n) is 2.77. The number of rotatable bonds is 0. The zero-order chi connectivity index (χ0) is 8.72. The first-order chi connectivity index (χ1) is 5.68. The van der Waals surface area contributed by atoms with Crippen LogP contribution in [0.2, 0.25) is 0 Å². The molecule has 0 amide bonds. The van der Waals surface area contributed by atoms with E-state index in [0.29, 0.717) is 6.04 Å². The Hall–Kier alpha value is -0.760. The summed E-state index contributed by atoms with van der Waals surface area (Å²) in [6.07, 6.45) is 1.06. The maximum atomic E-state index is 5.60. The summed E-state index contributed by atoms with van der Waals surface area (Å²) in [4.78, 5) is 2.36. The van der Waals surface area contributed by atoms with Crippen LogP contribution in [-0.4, -0.2) is 18.5 Å². The molecule has 0 fully saturated rings. The molecule has 2 rings (SSSR count). The van der Waals surface area contributed by atoms with Gasteiger partial charge in [0.15, 0.2) is 0 Å². The first-order valence-corrected chi connectivity index (χ1v) is 4.48. The molecular weight excluding hydrogens is 150 g/mol. The summed E-state index contributed by atoms with van der Waals surface area (Å²) in [5.41, 5.74) is 1.38. The molecule has 0 aliphatic carbocycles. The summed E-state index contributed by atoms with van der Waals surface area (Å²) in [5, 5.41) is 0. The quantitative estimate of drug-likeness (QED) is 0.585. The largest absolute Gasteiger partial charge is 0.466 e. The fraction of sp³-hybridized carbons (Fsp3) is 0.600. The van der Waals surface area contributed by atoms with E-state index < -0.39 is 0 Å². The molecule has 66 valence electrons. The summed E-state index contributed by atoms with van der Waals surface area (Å²) in [5.74, 6) is 2.24. The van der Waals surface area contributed by atoms with Crippen molar-refractivity contribution in [1.82, 2.24) is 4.90 Å². The van der Waals surface area contributed by atoms with E-state index in [1.165, 1.54) is 11.3 Å². The molecule has 1 aromatic heterocycles. The van der Waals surface area contributed by atoms with E-state index in [2.05, 4.69) is 24.9 Å². The summed E-state index contributed by atoms with van der Waals surface area (Å²) in [7, 11) is 2.16. The number of nitrogens with zero attached hydrogens (tertiary/aromatic N) is 1. The summed E-state index contributed by atoms with van der Waals surface area (Å²) < 4.78 is 5.60.